The minimum Gasteiger partial charge on any atom is -0.497 e. The van der Waals surface area contributed by atoms with E-state index in [0.29, 0.717) is 18.4 Å². The van der Waals surface area contributed by atoms with Crippen LogP contribution in [0.4, 0.5) is 5.69 Å². The Hall–Kier alpha value is -1.80. The lowest BCUT2D eigenvalue weighted by Crippen LogP contribution is -2.27. The van der Waals surface area contributed by atoms with Gasteiger partial charge in [-0.25, -0.2) is 0 Å². The molecule has 2 rings (SSSR count). The van der Waals surface area contributed by atoms with E-state index in [1.807, 2.05) is 38.4 Å². The topological polar surface area (TPSA) is 62.9 Å². The van der Waals surface area contributed by atoms with Crippen molar-refractivity contribution in [3.05, 3.63) is 59.7 Å². The average Bonchev–Trinajstić information content (AvgIpc) is 2.62. The molecule has 0 saturated heterocycles. The van der Waals surface area contributed by atoms with Crippen molar-refractivity contribution in [1.29, 1.82) is 0 Å². The predicted octanol–water partition coefficient (Wildman–Crippen LogP) is 4.47. The van der Waals surface area contributed by atoms with Crippen molar-refractivity contribution in [2.75, 3.05) is 33.1 Å². The minimum atomic E-state index is 0. The molecular formula is C21H31IN4O. The Balaban J connectivity index is 0.00000364. The maximum atomic E-state index is 6.10. The zero-order chi connectivity index (χ0) is 19.1. The molecule has 0 fully saturated rings. The number of rotatable bonds is 7. The van der Waals surface area contributed by atoms with E-state index in [1.165, 1.54) is 11.1 Å². The smallest absolute Gasteiger partial charge is 0.193 e. The van der Waals surface area contributed by atoms with Gasteiger partial charge in [0.2, 0.25) is 0 Å². The number of anilines is 1. The highest BCUT2D eigenvalue weighted by atomic mass is 127. The molecule has 2 aromatic carbocycles. The zero-order valence-corrected chi connectivity index (χ0v) is 19.1. The van der Waals surface area contributed by atoms with Crippen molar-refractivity contribution in [1.82, 2.24) is 4.90 Å². The fraction of sp³-hybridized carbons (Fsp3) is 0.381. The number of guanidine groups is 1. The van der Waals surface area contributed by atoms with E-state index in [2.05, 4.69) is 53.3 Å². The van der Waals surface area contributed by atoms with E-state index in [0.717, 1.165) is 11.4 Å². The van der Waals surface area contributed by atoms with E-state index < -0.39 is 0 Å². The summed E-state index contributed by atoms with van der Waals surface area (Å²) >= 11 is 0. The first-order valence-corrected chi connectivity index (χ1v) is 8.88. The van der Waals surface area contributed by atoms with Crippen LogP contribution in [-0.4, -0.2) is 38.6 Å². The number of likely N-dealkylation sites (N-methyl/N-ethyl adjacent to an activating group) is 1. The lowest BCUT2D eigenvalue weighted by Gasteiger charge is -2.23. The van der Waals surface area contributed by atoms with E-state index in [-0.39, 0.29) is 30.0 Å². The van der Waals surface area contributed by atoms with Crippen molar-refractivity contribution in [2.24, 2.45) is 10.7 Å². The van der Waals surface area contributed by atoms with E-state index in [9.17, 15) is 0 Å². The molecule has 3 N–H and O–H groups in total. The summed E-state index contributed by atoms with van der Waals surface area (Å²) in [7, 11) is 5.75. The monoisotopic (exact) mass is 482 g/mol. The number of halogens is 1. The second-order valence-corrected chi connectivity index (χ2v) is 6.88. The van der Waals surface area contributed by atoms with Crippen LogP contribution in [0.2, 0.25) is 0 Å². The van der Waals surface area contributed by atoms with Crippen LogP contribution in [0, 0.1) is 0 Å². The molecule has 0 aliphatic carbocycles. The molecule has 0 aliphatic rings. The van der Waals surface area contributed by atoms with Crippen molar-refractivity contribution in [3.63, 3.8) is 0 Å². The number of nitrogens with one attached hydrogen (secondary N) is 1. The minimum absolute atomic E-state index is 0. The Labute approximate surface area is 180 Å². The van der Waals surface area contributed by atoms with Gasteiger partial charge in [0.15, 0.2) is 5.96 Å². The summed E-state index contributed by atoms with van der Waals surface area (Å²) in [6, 6.07) is 16.5. The van der Waals surface area contributed by atoms with Crippen molar-refractivity contribution in [2.45, 2.75) is 25.8 Å². The van der Waals surface area contributed by atoms with Gasteiger partial charge in [0.25, 0.3) is 0 Å². The maximum Gasteiger partial charge on any atom is 0.193 e. The van der Waals surface area contributed by atoms with Gasteiger partial charge in [0, 0.05) is 5.69 Å². The summed E-state index contributed by atoms with van der Waals surface area (Å²) < 4.78 is 5.23. The Morgan fingerprint density at radius 3 is 2.33 bits per heavy atom. The third-order valence-electron chi connectivity index (χ3n) is 4.38. The second kappa shape index (κ2) is 11.1. The summed E-state index contributed by atoms with van der Waals surface area (Å²) in [5.74, 6) is 1.75. The van der Waals surface area contributed by atoms with Crippen LogP contribution < -0.4 is 15.8 Å². The maximum absolute atomic E-state index is 6.10. The van der Waals surface area contributed by atoms with Crippen LogP contribution >= 0.6 is 24.0 Å². The Morgan fingerprint density at radius 2 is 1.78 bits per heavy atom. The molecule has 6 heteroatoms. The number of methoxy groups -OCH3 is 1. The Kier molecular flexibility index (Phi) is 9.59. The van der Waals surface area contributed by atoms with E-state index in [1.54, 1.807) is 7.11 Å². The quantitative estimate of drug-likeness (QED) is 0.348. The number of hydrogen-bond donors (Lipinski definition) is 2. The van der Waals surface area contributed by atoms with Gasteiger partial charge in [-0.05, 0) is 55.4 Å². The number of benzene rings is 2. The summed E-state index contributed by atoms with van der Waals surface area (Å²) in [4.78, 5) is 6.68. The summed E-state index contributed by atoms with van der Waals surface area (Å²) in [6.07, 6.45) is 0. The largest absolute Gasteiger partial charge is 0.497 e. The molecule has 0 bridgehead atoms. The van der Waals surface area contributed by atoms with Gasteiger partial charge in [-0.2, -0.15) is 0 Å². The van der Waals surface area contributed by atoms with E-state index >= 15 is 0 Å². The highest BCUT2D eigenvalue weighted by Gasteiger charge is 2.14. The molecule has 0 amide bonds. The first kappa shape index (κ1) is 23.2. The van der Waals surface area contributed by atoms with Crippen LogP contribution in [0.15, 0.2) is 53.5 Å². The summed E-state index contributed by atoms with van der Waals surface area (Å²) in [5.41, 5.74) is 9.51. The number of nitrogens with zero attached hydrogens (tertiary/aromatic N) is 2. The number of hydrogen-bond acceptors (Lipinski definition) is 3. The first-order chi connectivity index (χ1) is 12.4. The fourth-order valence-corrected chi connectivity index (χ4v) is 2.74. The summed E-state index contributed by atoms with van der Waals surface area (Å²) in [5, 5.41) is 3.19. The molecule has 0 radical (unpaired) electrons. The van der Waals surface area contributed by atoms with Crippen LogP contribution in [0.3, 0.4) is 0 Å². The highest BCUT2D eigenvalue weighted by molar-refractivity contribution is 14.0. The third kappa shape index (κ3) is 7.03. The van der Waals surface area contributed by atoms with E-state index in [4.69, 9.17) is 10.5 Å². The van der Waals surface area contributed by atoms with Gasteiger partial charge < -0.3 is 20.7 Å². The fourth-order valence-electron chi connectivity index (χ4n) is 2.74. The molecule has 1 atom stereocenters. The average molecular weight is 482 g/mol. The molecule has 0 aliphatic heterocycles. The molecule has 2 aromatic rings. The highest BCUT2D eigenvalue weighted by Crippen LogP contribution is 2.22. The molecule has 0 heterocycles. The lowest BCUT2D eigenvalue weighted by atomic mass is 10.0. The first-order valence-electron chi connectivity index (χ1n) is 8.88. The molecule has 1 unspecified atom stereocenters. The van der Waals surface area contributed by atoms with Crippen LogP contribution in [0.5, 0.6) is 5.75 Å². The van der Waals surface area contributed by atoms with Gasteiger partial charge in [-0.1, -0.05) is 38.1 Å². The summed E-state index contributed by atoms with van der Waals surface area (Å²) in [6.45, 7) is 4.92. The SMILES string of the molecule is COc1ccc(C(CN=C(N)Nc2cccc(C(C)C)c2)N(C)C)cc1.I. The third-order valence-corrected chi connectivity index (χ3v) is 4.38. The van der Waals surface area contributed by atoms with Gasteiger partial charge in [0.05, 0.1) is 19.7 Å². The van der Waals surface area contributed by atoms with Gasteiger partial charge >= 0.3 is 0 Å². The van der Waals surface area contributed by atoms with Crippen molar-refractivity contribution >= 4 is 35.6 Å². The molecule has 5 nitrogen and oxygen atoms in total. The van der Waals surface area contributed by atoms with Crippen LogP contribution in [-0.2, 0) is 0 Å². The van der Waals surface area contributed by atoms with Crippen molar-refractivity contribution < 1.29 is 4.74 Å². The molecular weight excluding hydrogens is 451 g/mol. The zero-order valence-electron chi connectivity index (χ0n) is 16.8. The standard InChI is InChI=1S/C21H30N4O.HI/c1-15(2)17-7-6-8-18(13-17)24-21(22)23-14-20(25(3)4)16-9-11-19(26-5)12-10-16;/h6-13,15,20H,14H2,1-5H3,(H3,22,23,24);1H. The Bertz CT molecular complexity index is 729. The molecule has 148 valence electrons. The number of aliphatic imine (C=N–C) groups is 1. The van der Waals surface area contributed by atoms with Gasteiger partial charge in [0.1, 0.15) is 5.75 Å². The molecule has 0 aromatic heterocycles. The molecule has 0 spiro atoms. The van der Waals surface area contributed by atoms with Crippen LogP contribution in [0.1, 0.15) is 36.9 Å². The predicted molar refractivity (Wildman–Crippen MR) is 125 cm³/mol. The normalized spacial score (nSPS) is 12.6. The second-order valence-electron chi connectivity index (χ2n) is 6.88. The number of nitrogens with two attached hydrogens (primary N) is 1. The van der Waals surface area contributed by atoms with Crippen molar-refractivity contribution in [3.8, 4) is 5.75 Å². The number of ether oxygens (including phenoxy) is 1. The van der Waals surface area contributed by atoms with Gasteiger partial charge in [-0.15, -0.1) is 24.0 Å². The van der Waals surface area contributed by atoms with Crippen LogP contribution in [0.25, 0.3) is 0 Å². The molecule has 27 heavy (non-hydrogen) atoms. The molecule has 0 saturated carbocycles. The lowest BCUT2D eigenvalue weighted by molar-refractivity contribution is 0.306. The van der Waals surface area contributed by atoms with Gasteiger partial charge in [-0.3, -0.25) is 4.99 Å². The Morgan fingerprint density at radius 1 is 1.11 bits per heavy atom.